The Bertz CT molecular complexity index is 516. The number of amides is 4. The van der Waals surface area contributed by atoms with Crippen molar-refractivity contribution in [3.8, 4) is 0 Å². The molecule has 4 amide bonds. The molecule has 0 aromatic carbocycles. The third kappa shape index (κ3) is 16.1. The lowest BCUT2D eigenvalue weighted by Crippen LogP contribution is -2.39. The number of rotatable bonds is 14. The number of carbonyl (C=O) groups is 6. The highest BCUT2D eigenvalue weighted by molar-refractivity contribution is 5.87. The van der Waals surface area contributed by atoms with Gasteiger partial charge in [0.25, 0.3) is 0 Å². The van der Waals surface area contributed by atoms with Gasteiger partial charge >= 0.3 is 11.9 Å². The van der Waals surface area contributed by atoms with Crippen LogP contribution in [0.3, 0.4) is 0 Å². The van der Waals surface area contributed by atoms with Crippen LogP contribution < -0.4 is 21.3 Å². The molecule has 0 radical (unpaired) electrons. The molecule has 0 spiro atoms. The average Bonchev–Trinajstić information content (AvgIpc) is 2.60. The summed E-state index contributed by atoms with van der Waals surface area (Å²) in [6, 6.07) is 0. The summed E-state index contributed by atoms with van der Waals surface area (Å²) in [5.74, 6) is -4.29. The zero-order valence-corrected chi connectivity index (χ0v) is 14.7. The maximum absolute atomic E-state index is 11.5. The van der Waals surface area contributed by atoms with E-state index in [1.165, 1.54) is 0 Å². The van der Waals surface area contributed by atoms with Crippen LogP contribution in [0.1, 0.15) is 32.1 Å². The largest absolute Gasteiger partial charge is 0.480 e. The van der Waals surface area contributed by atoms with Gasteiger partial charge in [0.1, 0.15) is 13.1 Å². The van der Waals surface area contributed by atoms with Crippen LogP contribution >= 0.6 is 0 Å². The second kappa shape index (κ2) is 14.0. The van der Waals surface area contributed by atoms with Crippen LogP contribution in [-0.4, -0.2) is 72.0 Å². The second-order valence-electron chi connectivity index (χ2n) is 5.46. The van der Waals surface area contributed by atoms with Crippen molar-refractivity contribution >= 4 is 35.6 Å². The van der Waals surface area contributed by atoms with Gasteiger partial charge < -0.3 is 31.5 Å². The van der Waals surface area contributed by atoms with Crippen molar-refractivity contribution in [3.63, 3.8) is 0 Å². The summed E-state index contributed by atoms with van der Waals surface area (Å²) < 4.78 is 0. The Hall–Kier alpha value is -3.18. The summed E-state index contributed by atoms with van der Waals surface area (Å²) in [5.41, 5.74) is 0. The van der Waals surface area contributed by atoms with Crippen LogP contribution in [-0.2, 0) is 28.8 Å². The Morgan fingerprint density at radius 1 is 0.481 bits per heavy atom. The summed E-state index contributed by atoms with van der Waals surface area (Å²) in [6.45, 7) is -1.65. The van der Waals surface area contributed by atoms with Crippen molar-refractivity contribution in [2.75, 3.05) is 26.2 Å². The molecule has 0 aromatic heterocycles. The Morgan fingerprint density at radius 3 is 1.15 bits per heavy atom. The lowest BCUT2D eigenvalue weighted by atomic mass is 10.1. The first-order valence-corrected chi connectivity index (χ1v) is 8.21. The minimum atomic E-state index is -1.18. The Morgan fingerprint density at radius 2 is 0.815 bits per heavy atom. The molecule has 12 heteroatoms. The number of hydrogen-bond acceptors (Lipinski definition) is 6. The average molecular weight is 388 g/mol. The summed E-state index contributed by atoms with van der Waals surface area (Å²) in [7, 11) is 0. The lowest BCUT2D eigenvalue weighted by molar-refractivity contribution is -0.138. The molecule has 0 rings (SSSR count). The van der Waals surface area contributed by atoms with E-state index in [1.54, 1.807) is 0 Å². The molecule has 12 nitrogen and oxygen atoms in total. The first kappa shape index (κ1) is 23.8. The fourth-order valence-electron chi connectivity index (χ4n) is 1.76. The normalized spacial score (nSPS) is 9.78. The topological polar surface area (TPSA) is 191 Å². The molecular formula is C15H24N4O8. The van der Waals surface area contributed by atoms with Gasteiger partial charge in [0.05, 0.1) is 13.1 Å². The molecule has 0 aliphatic carbocycles. The van der Waals surface area contributed by atoms with Crippen LogP contribution in [0, 0.1) is 0 Å². The van der Waals surface area contributed by atoms with E-state index in [1.807, 2.05) is 0 Å². The molecule has 0 heterocycles. The number of unbranched alkanes of at least 4 members (excludes halogenated alkanes) is 2. The van der Waals surface area contributed by atoms with E-state index in [9.17, 15) is 28.8 Å². The fraction of sp³-hybridized carbons (Fsp3) is 0.600. The van der Waals surface area contributed by atoms with Gasteiger partial charge in [-0.3, -0.25) is 28.8 Å². The zero-order chi connectivity index (χ0) is 20.7. The zero-order valence-electron chi connectivity index (χ0n) is 14.7. The molecule has 6 N–H and O–H groups in total. The van der Waals surface area contributed by atoms with Crippen LogP contribution in [0.25, 0.3) is 0 Å². The number of carboxylic acids is 2. The predicted octanol–water partition coefficient (Wildman–Crippen LogP) is -2.43. The molecule has 152 valence electrons. The van der Waals surface area contributed by atoms with Crippen molar-refractivity contribution in [1.29, 1.82) is 0 Å². The molecule has 0 aliphatic rings. The summed E-state index contributed by atoms with van der Waals surface area (Å²) in [5, 5.41) is 25.7. The fourth-order valence-corrected chi connectivity index (χ4v) is 1.76. The van der Waals surface area contributed by atoms with Gasteiger partial charge in [0.2, 0.25) is 23.6 Å². The summed E-state index contributed by atoms with van der Waals surface area (Å²) in [4.78, 5) is 65.9. The molecule has 0 aromatic rings. The Labute approximate surface area is 155 Å². The van der Waals surface area contributed by atoms with Crippen molar-refractivity contribution in [2.24, 2.45) is 0 Å². The monoisotopic (exact) mass is 388 g/mol. The van der Waals surface area contributed by atoms with Crippen LogP contribution in [0.2, 0.25) is 0 Å². The van der Waals surface area contributed by atoms with Crippen LogP contribution in [0.15, 0.2) is 0 Å². The van der Waals surface area contributed by atoms with Crippen molar-refractivity contribution in [3.05, 3.63) is 0 Å². The third-order valence-electron chi connectivity index (χ3n) is 3.07. The number of carboxylic acid groups (broad SMARTS) is 2. The van der Waals surface area contributed by atoms with E-state index in [0.717, 1.165) is 0 Å². The van der Waals surface area contributed by atoms with Gasteiger partial charge in [-0.15, -0.1) is 0 Å². The summed E-state index contributed by atoms with van der Waals surface area (Å²) >= 11 is 0. The number of nitrogens with one attached hydrogen (secondary N) is 4. The highest BCUT2D eigenvalue weighted by Gasteiger charge is 2.08. The standard InChI is InChI=1S/C15H24N4O8/c20-10(16-6-12(22)18-8-14(24)25)4-2-1-3-5-11(21)17-7-13(23)19-9-15(26)27/h1-9H2,(H,16,20)(H,17,21)(H,18,22)(H,19,23)(H,24,25)(H,26,27). The van der Waals surface area contributed by atoms with Gasteiger partial charge in [-0.25, -0.2) is 0 Å². The maximum Gasteiger partial charge on any atom is 0.322 e. The Balaban J connectivity index is 3.63. The molecule has 0 saturated carbocycles. The van der Waals surface area contributed by atoms with Crippen molar-refractivity contribution in [1.82, 2.24) is 21.3 Å². The quantitative estimate of drug-likeness (QED) is 0.177. The molecule has 0 fully saturated rings. The minimum absolute atomic E-state index is 0.158. The van der Waals surface area contributed by atoms with Gasteiger partial charge in [-0.05, 0) is 12.8 Å². The molecular weight excluding hydrogens is 364 g/mol. The molecule has 0 atom stereocenters. The van der Waals surface area contributed by atoms with E-state index in [-0.39, 0.29) is 37.7 Å². The number of carbonyl (C=O) groups excluding carboxylic acids is 4. The van der Waals surface area contributed by atoms with Gasteiger partial charge in [0, 0.05) is 12.8 Å². The maximum atomic E-state index is 11.5. The van der Waals surface area contributed by atoms with E-state index in [4.69, 9.17) is 10.2 Å². The van der Waals surface area contributed by atoms with Crippen LogP contribution in [0.5, 0.6) is 0 Å². The number of aliphatic carboxylic acids is 2. The van der Waals surface area contributed by atoms with Gasteiger partial charge in [0.15, 0.2) is 0 Å². The highest BCUT2D eigenvalue weighted by atomic mass is 16.4. The molecule has 27 heavy (non-hydrogen) atoms. The van der Waals surface area contributed by atoms with E-state index in [0.29, 0.717) is 19.3 Å². The van der Waals surface area contributed by atoms with E-state index < -0.39 is 36.8 Å². The van der Waals surface area contributed by atoms with Crippen LogP contribution in [0.4, 0.5) is 0 Å². The third-order valence-corrected chi connectivity index (χ3v) is 3.07. The van der Waals surface area contributed by atoms with Crippen molar-refractivity contribution in [2.45, 2.75) is 32.1 Å². The Kier molecular flexibility index (Phi) is 12.4. The second-order valence-corrected chi connectivity index (χ2v) is 5.46. The minimum Gasteiger partial charge on any atom is -0.480 e. The molecule has 0 saturated heterocycles. The predicted molar refractivity (Wildman–Crippen MR) is 90.4 cm³/mol. The van der Waals surface area contributed by atoms with Gasteiger partial charge in [-0.2, -0.15) is 0 Å². The molecule has 0 bridgehead atoms. The first-order chi connectivity index (χ1) is 12.7. The smallest absolute Gasteiger partial charge is 0.322 e. The molecule has 0 unspecified atom stereocenters. The number of hydrogen-bond donors (Lipinski definition) is 6. The first-order valence-electron chi connectivity index (χ1n) is 8.21. The van der Waals surface area contributed by atoms with E-state index in [2.05, 4.69) is 21.3 Å². The summed E-state index contributed by atoms with van der Waals surface area (Å²) in [6.07, 6.45) is 1.89. The SMILES string of the molecule is O=C(O)CNC(=O)CNC(=O)CCCCCC(=O)NCC(=O)NCC(=O)O. The lowest BCUT2D eigenvalue weighted by Gasteiger charge is -2.06. The van der Waals surface area contributed by atoms with E-state index >= 15 is 0 Å². The van der Waals surface area contributed by atoms with Crippen molar-refractivity contribution < 1.29 is 39.0 Å². The molecule has 0 aliphatic heterocycles. The highest BCUT2D eigenvalue weighted by Crippen LogP contribution is 2.02. The van der Waals surface area contributed by atoms with Gasteiger partial charge in [-0.1, -0.05) is 6.42 Å².